The average molecular weight is 291 g/mol. The van der Waals surface area contributed by atoms with Crippen molar-refractivity contribution < 1.29 is 22.7 Å². The van der Waals surface area contributed by atoms with Gasteiger partial charge in [0, 0.05) is 6.04 Å². The molecule has 0 aromatic heterocycles. The first-order valence-corrected chi connectivity index (χ1v) is 6.61. The molecule has 1 rings (SSSR count). The van der Waals surface area contributed by atoms with Crippen LogP contribution in [0.25, 0.3) is 0 Å². The number of nitrogens with one attached hydrogen (secondary N) is 1. The summed E-state index contributed by atoms with van der Waals surface area (Å²) in [4.78, 5) is 11.2. The van der Waals surface area contributed by atoms with Crippen molar-refractivity contribution in [1.82, 2.24) is 5.32 Å². The molecule has 0 heterocycles. The van der Waals surface area contributed by atoms with E-state index in [2.05, 4.69) is 5.32 Å². The lowest BCUT2D eigenvalue weighted by molar-refractivity contribution is -0.209. The van der Waals surface area contributed by atoms with Crippen molar-refractivity contribution in [2.24, 2.45) is 5.41 Å². The van der Waals surface area contributed by atoms with Crippen molar-refractivity contribution in [3.8, 4) is 0 Å². The second kappa shape index (κ2) is 6.92. The number of carbonyl (C=O) groups is 1. The zero-order valence-electron chi connectivity index (χ0n) is 11.7. The molecule has 2 atom stereocenters. The predicted octanol–water partition coefficient (Wildman–Crippen LogP) is 2.98. The third-order valence-corrected chi connectivity index (χ3v) is 3.28. The highest BCUT2D eigenvalue weighted by molar-refractivity contribution is 5.71. The molecule has 0 fully saturated rings. The molecule has 6 heteroatoms. The number of hydrogen-bond donors (Lipinski definition) is 1. The van der Waals surface area contributed by atoms with Gasteiger partial charge in [0.25, 0.3) is 0 Å². The summed E-state index contributed by atoms with van der Waals surface area (Å²) in [5.74, 6) is -0.459. The molecule has 0 amide bonds. The molecular weight excluding hydrogens is 271 g/mol. The lowest BCUT2D eigenvalue weighted by Gasteiger charge is -2.35. The summed E-state index contributed by atoms with van der Waals surface area (Å²) in [5, 5.41) is 2.78. The minimum Gasteiger partial charge on any atom is -0.465 e. The van der Waals surface area contributed by atoms with E-state index in [1.807, 2.05) is 0 Å². The quantitative estimate of drug-likeness (QED) is 0.765. The van der Waals surface area contributed by atoms with Gasteiger partial charge in [-0.25, -0.2) is 0 Å². The Morgan fingerprint density at radius 2 is 2.15 bits per heavy atom. The topological polar surface area (TPSA) is 38.3 Å². The Kier molecular flexibility index (Phi) is 5.80. The maximum Gasteiger partial charge on any atom is 0.398 e. The zero-order valence-corrected chi connectivity index (χ0v) is 11.7. The first-order chi connectivity index (χ1) is 9.31. The van der Waals surface area contributed by atoms with Crippen LogP contribution in [0.3, 0.4) is 0 Å². The summed E-state index contributed by atoms with van der Waals surface area (Å²) in [6.07, 6.45) is 1.26. The highest BCUT2D eigenvalue weighted by Gasteiger charge is 2.52. The lowest BCUT2D eigenvalue weighted by atomic mass is 9.76. The Labute approximate surface area is 116 Å². The minimum atomic E-state index is -4.31. The maximum atomic E-state index is 13.3. The van der Waals surface area contributed by atoms with Crippen LogP contribution in [0.1, 0.15) is 26.7 Å². The van der Waals surface area contributed by atoms with Crippen LogP contribution in [-0.2, 0) is 9.53 Å². The smallest absolute Gasteiger partial charge is 0.398 e. The summed E-state index contributed by atoms with van der Waals surface area (Å²) < 4.78 is 44.5. The fourth-order valence-electron chi connectivity index (χ4n) is 2.23. The van der Waals surface area contributed by atoms with E-state index in [0.717, 1.165) is 0 Å². The summed E-state index contributed by atoms with van der Waals surface area (Å²) >= 11 is 0. The molecule has 0 saturated carbocycles. The summed E-state index contributed by atoms with van der Waals surface area (Å²) in [5.41, 5.74) is -1.86. The molecule has 114 valence electrons. The molecule has 20 heavy (non-hydrogen) atoms. The molecule has 2 unspecified atom stereocenters. The fourth-order valence-corrected chi connectivity index (χ4v) is 2.23. The number of allylic oxidation sites excluding steroid dienone is 4. The molecule has 0 spiro atoms. The van der Waals surface area contributed by atoms with E-state index in [1.165, 1.54) is 18.2 Å². The van der Waals surface area contributed by atoms with Gasteiger partial charge in [-0.2, -0.15) is 13.2 Å². The van der Waals surface area contributed by atoms with Crippen LogP contribution in [0.15, 0.2) is 24.3 Å². The van der Waals surface area contributed by atoms with Gasteiger partial charge in [0.05, 0.1) is 18.6 Å². The molecule has 0 bridgehead atoms. The first-order valence-electron chi connectivity index (χ1n) is 6.61. The normalized spacial score (nSPS) is 23.6. The molecule has 0 aliphatic heterocycles. The molecule has 1 aliphatic carbocycles. The van der Waals surface area contributed by atoms with E-state index in [9.17, 15) is 18.0 Å². The van der Waals surface area contributed by atoms with Crippen molar-refractivity contribution in [3.05, 3.63) is 24.3 Å². The second-order valence-corrected chi connectivity index (χ2v) is 4.94. The molecule has 0 aromatic carbocycles. The molecule has 3 nitrogen and oxygen atoms in total. The van der Waals surface area contributed by atoms with Gasteiger partial charge < -0.3 is 10.1 Å². The van der Waals surface area contributed by atoms with Crippen molar-refractivity contribution in [3.63, 3.8) is 0 Å². The standard InChI is InChI=1S/C14H20F3NO2/c1-3-20-12(19)10-18-11(2)9-13(14(15,16)17)7-5-4-6-8-13/h4-7,11,18H,3,8-10H2,1-2H3. The van der Waals surface area contributed by atoms with Crippen LogP contribution in [-0.4, -0.2) is 31.3 Å². The molecule has 1 aliphatic rings. The second-order valence-electron chi connectivity index (χ2n) is 4.94. The van der Waals surface area contributed by atoms with Crippen LogP contribution >= 0.6 is 0 Å². The van der Waals surface area contributed by atoms with Crippen LogP contribution in [0.5, 0.6) is 0 Å². The SMILES string of the molecule is CCOC(=O)CNC(C)CC1(C(F)(F)F)C=CC=CC1. The maximum absolute atomic E-state index is 13.3. The Morgan fingerprint density at radius 1 is 1.45 bits per heavy atom. The highest BCUT2D eigenvalue weighted by atomic mass is 19.4. The molecule has 0 aromatic rings. The third kappa shape index (κ3) is 4.37. The highest BCUT2D eigenvalue weighted by Crippen LogP contribution is 2.47. The Balaban J connectivity index is 2.61. The summed E-state index contributed by atoms with van der Waals surface area (Å²) in [7, 11) is 0. The zero-order chi connectivity index (χ0) is 15.2. The lowest BCUT2D eigenvalue weighted by Crippen LogP contribution is -2.43. The minimum absolute atomic E-state index is 0.0710. The molecule has 0 radical (unpaired) electrons. The fraction of sp³-hybridized carbons (Fsp3) is 0.643. The number of ether oxygens (including phenoxy) is 1. The van der Waals surface area contributed by atoms with Crippen LogP contribution in [0, 0.1) is 5.41 Å². The molecule has 1 N–H and O–H groups in total. The van der Waals surface area contributed by atoms with E-state index in [0.29, 0.717) is 0 Å². The van der Waals surface area contributed by atoms with Gasteiger partial charge in [-0.3, -0.25) is 4.79 Å². The molecule has 0 saturated heterocycles. The van der Waals surface area contributed by atoms with E-state index < -0.39 is 23.6 Å². The third-order valence-electron chi connectivity index (χ3n) is 3.28. The van der Waals surface area contributed by atoms with Gasteiger partial charge in [0.1, 0.15) is 0 Å². The largest absolute Gasteiger partial charge is 0.465 e. The summed E-state index contributed by atoms with van der Waals surface area (Å²) in [6, 6.07) is -0.447. The number of esters is 1. The first kappa shape index (κ1) is 16.8. The predicted molar refractivity (Wildman–Crippen MR) is 70.1 cm³/mol. The number of alkyl halides is 3. The number of rotatable bonds is 6. The van der Waals surface area contributed by atoms with Crippen LogP contribution in [0.4, 0.5) is 13.2 Å². The van der Waals surface area contributed by atoms with Crippen LogP contribution in [0.2, 0.25) is 0 Å². The average Bonchev–Trinajstić information content (AvgIpc) is 2.36. The van der Waals surface area contributed by atoms with Gasteiger partial charge in [-0.1, -0.05) is 24.3 Å². The number of hydrogen-bond acceptors (Lipinski definition) is 3. The number of halogens is 3. The van der Waals surface area contributed by atoms with Gasteiger partial charge in [0.2, 0.25) is 0 Å². The van der Waals surface area contributed by atoms with Crippen LogP contribution < -0.4 is 5.32 Å². The monoisotopic (exact) mass is 291 g/mol. The van der Waals surface area contributed by atoms with Crippen molar-refractivity contribution in [1.29, 1.82) is 0 Å². The van der Waals surface area contributed by atoms with Crippen molar-refractivity contribution >= 4 is 5.97 Å². The number of carbonyl (C=O) groups excluding carboxylic acids is 1. The van der Waals surface area contributed by atoms with E-state index in [1.54, 1.807) is 19.9 Å². The Hall–Kier alpha value is -1.30. The van der Waals surface area contributed by atoms with Crippen molar-refractivity contribution in [2.45, 2.75) is 38.9 Å². The molecular formula is C14H20F3NO2. The van der Waals surface area contributed by atoms with Gasteiger partial charge >= 0.3 is 12.1 Å². The Morgan fingerprint density at radius 3 is 2.65 bits per heavy atom. The van der Waals surface area contributed by atoms with Gasteiger partial charge in [0.15, 0.2) is 0 Å². The van der Waals surface area contributed by atoms with Gasteiger partial charge in [-0.05, 0) is 26.7 Å². The van der Waals surface area contributed by atoms with E-state index >= 15 is 0 Å². The summed E-state index contributed by atoms with van der Waals surface area (Å²) in [6.45, 7) is 3.50. The van der Waals surface area contributed by atoms with Gasteiger partial charge in [-0.15, -0.1) is 0 Å². The Bertz CT molecular complexity index is 390. The van der Waals surface area contributed by atoms with Crippen molar-refractivity contribution in [2.75, 3.05) is 13.2 Å². The van der Waals surface area contributed by atoms with E-state index in [-0.39, 0.29) is 26.0 Å². The van der Waals surface area contributed by atoms with E-state index in [4.69, 9.17) is 4.74 Å².